The molecule has 2 aliphatic heterocycles. The van der Waals surface area contributed by atoms with E-state index in [9.17, 15) is 30.0 Å². The number of piperidine rings is 1. The lowest BCUT2D eigenvalue weighted by molar-refractivity contribution is -0.172. The summed E-state index contributed by atoms with van der Waals surface area (Å²) < 4.78 is 17.1. The summed E-state index contributed by atoms with van der Waals surface area (Å²) in [6, 6.07) is 3.22. The molecule has 36 heavy (non-hydrogen) atoms. The number of aromatic hydroxyl groups is 1. The predicted octanol–water partition coefficient (Wildman–Crippen LogP) is -0.0617. The molecule has 11 nitrogen and oxygen atoms in total. The molecule has 1 saturated heterocycles. The number of nitrogens with zero attached hydrogens (tertiary/aromatic N) is 1. The highest BCUT2D eigenvalue weighted by atomic mass is 16.6. The maximum atomic E-state index is 12.9. The van der Waals surface area contributed by atoms with Gasteiger partial charge in [0.15, 0.2) is 29.8 Å². The fourth-order valence-corrected chi connectivity index (χ4v) is 6.29. The van der Waals surface area contributed by atoms with Crippen LogP contribution in [0.3, 0.4) is 0 Å². The fraction of sp³-hybridized carbons (Fsp3) is 0.520. The third-order valence-corrected chi connectivity index (χ3v) is 8.11. The molecule has 1 aromatic rings. The van der Waals surface area contributed by atoms with Gasteiger partial charge in [-0.05, 0) is 51.1 Å². The zero-order valence-corrected chi connectivity index (χ0v) is 19.9. The van der Waals surface area contributed by atoms with Gasteiger partial charge < -0.3 is 44.6 Å². The van der Waals surface area contributed by atoms with E-state index in [-0.39, 0.29) is 29.7 Å². The van der Waals surface area contributed by atoms with Crippen molar-refractivity contribution in [2.24, 2.45) is 0 Å². The van der Waals surface area contributed by atoms with E-state index in [1.165, 1.54) is 6.92 Å². The van der Waals surface area contributed by atoms with E-state index in [0.717, 1.165) is 11.1 Å². The van der Waals surface area contributed by atoms with Gasteiger partial charge in [0.05, 0.1) is 11.0 Å². The molecule has 0 unspecified atom stereocenters. The highest BCUT2D eigenvalue weighted by Crippen LogP contribution is 2.65. The number of hydrogen-bond acceptors (Lipinski definition) is 10. The highest BCUT2D eigenvalue weighted by molar-refractivity contribution is 5.76. The molecule has 11 heteroatoms. The second kappa shape index (κ2) is 8.20. The molecule has 1 aromatic carbocycles. The largest absolute Gasteiger partial charge is 0.504 e. The molecule has 7 atom stereocenters. The Morgan fingerprint density at radius 3 is 2.69 bits per heavy atom. The zero-order chi connectivity index (χ0) is 26.2. The number of aliphatic hydroxyl groups excluding tert-OH is 2. The highest BCUT2D eigenvalue weighted by Gasteiger charge is 2.72. The van der Waals surface area contributed by atoms with Crippen molar-refractivity contribution < 1.29 is 49.3 Å². The second-order valence-electron chi connectivity index (χ2n) is 9.98. The Bertz CT molecular complexity index is 1180. The van der Waals surface area contributed by atoms with Crippen LogP contribution in [0.15, 0.2) is 36.3 Å². The van der Waals surface area contributed by atoms with Crippen molar-refractivity contribution >= 4 is 11.9 Å². The lowest BCUT2D eigenvalue weighted by Gasteiger charge is -2.61. The quantitative estimate of drug-likeness (QED) is 0.250. The first-order chi connectivity index (χ1) is 16.9. The number of carboxylic acid groups (broad SMARTS) is 1. The van der Waals surface area contributed by atoms with Crippen LogP contribution in [0.5, 0.6) is 11.5 Å². The first-order valence-corrected chi connectivity index (χ1v) is 11.7. The molecule has 2 aliphatic carbocycles. The van der Waals surface area contributed by atoms with Crippen LogP contribution >= 0.6 is 0 Å². The number of phenols is 1. The first-order valence-electron chi connectivity index (χ1n) is 11.7. The Labute approximate surface area is 206 Å². The van der Waals surface area contributed by atoms with Crippen LogP contribution in [-0.2, 0) is 30.9 Å². The zero-order valence-electron chi connectivity index (χ0n) is 19.9. The average molecular weight is 504 g/mol. The van der Waals surface area contributed by atoms with Gasteiger partial charge in [0, 0.05) is 18.0 Å². The number of esters is 1. The second-order valence-corrected chi connectivity index (χ2v) is 9.98. The van der Waals surface area contributed by atoms with E-state index in [4.69, 9.17) is 19.3 Å². The summed E-state index contributed by atoms with van der Waals surface area (Å²) in [7, 11) is 1.97. The summed E-state index contributed by atoms with van der Waals surface area (Å²) in [6.45, 7) is 5.39. The summed E-state index contributed by atoms with van der Waals surface area (Å²) in [5, 5.41) is 50.9. The van der Waals surface area contributed by atoms with Gasteiger partial charge in [-0.2, -0.15) is 0 Å². The molecule has 1 spiro atoms. The van der Waals surface area contributed by atoms with Crippen LogP contribution in [0.2, 0.25) is 0 Å². The summed E-state index contributed by atoms with van der Waals surface area (Å²) >= 11 is 0. The number of likely N-dealkylation sites (N-methyl/N-ethyl adjacent to an activating group) is 1. The number of carbonyl (C=O) groups is 2. The Kier molecular flexibility index (Phi) is 5.60. The van der Waals surface area contributed by atoms with Crippen molar-refractivity contribution in [2.75, 3.05) is 13.6 Å². The van der Waals surface area contributed by atoms with Crippen molar-refractivity contribution in [3.8, 4) is 11.5 Å². The number of aliphatic carboxylic acids is 1. The summed E-state index contributed by atoms with van der Waals surface area (Å²) in [5.74, 6) is -2.65. The fourth-order valence-electron chi connectivity index (χ4n) is 6.29. The van der Waals surface area contributed by atoms with E-state index < -0.39 is 53.1 Å². The molecule has 5 N–H and O–H groups in total. The van der Waals surface area contributed by atoms with Crippen LogP contribution < -0.4 is 4.74 Å². The molecule has 2 heterocycles. The minimum absolute atomic E-state index is 0.0538. The number of rotatable bonds is 7. The number of carboxylic acids is 1. The lowest BCUT2D eigenvalue weighted by Crippen LogP contribution is -2.74. The molecule has 1 fully saturated rings. The van der Waals surface area contributed by atoms with Crippen molar-refractivity contribution in [2.45, 2.75) is 67.7 Å². The Morgan fingerprint density at radius 1 is 1.28 bits per heavy atom. The monoisotopic (exact) mass is 503 g/mol. The van der Waals surface area contributed by atoms with Crippen LogP contribution in [0.4, 0.5) is 0 Å². The number of aliphatic hydroxyl groups is 3. The van der Waals surface area contributed by atoms with Gasteiger partial charge in [-0.15, -0.1) is 0 Å². The number of carbonyl (C=O) groups excluding carboxylic acids is 1. The normalized spacial score (nSPS) is 32.3. The molecular formula is C25H29NO10. The van der Waals surface area contributed by atoms with Crippen molar-refractivity contribution in [3.63, 3.8) is 0 Å². The van der Waals surface area contributed by atoms with E-state index in [0.29, 0.717) is 19.4 Å². The summed E-state index contributed by atoms with van der Waals surface area (Å²) in [4.78, 5) is 25.9. The van der Waals surface area contributed by atoms with Gasteiger partial charge in [0.25, 0.3) is 0 Å². The van der Waals surface area contributed by atoms with Crippen molar-refractivity contribution in [3.05, 3.63) is 47.4 Å². The van der Waals surface area contributed by atoms with Gasteiger partial charge in [0.1, 0.15) is 17.6 Å². The van der Waals surface area contributed by atoms with Crippen molar-refractivity contribution in [1.82, 2.24) is 4.90 Å². The number of ether oxygens (including phenoxy) is 3. The van der Waals surface area contributed by atoms with E-state index in [1.807, 2.05) is 13.1 Å². The average Bonchev–Trinajstić information content (AvgIpc) is 3.19. The van der Waals surface area contributed by atoms with E-state index >= 15 is 0 Å². The topological polar surface area (TPSA) is 166 Å². The molecule has 0 amide bonds. The van der Waals surface area contributed by atoms with Crippen LogP contribution in [0.25, 0.3) is 0 Å². The maximum absolute atomic E-state index is 12.9. The molecule has 0 radical (unpaired) electrons. The molecule has 5 rings (SSSR count). The summed E-state index contributed by atoms with van der Waals surface area (Å²) in [5.41, 5.74) is -0.409. The molecule has 2 bridgehead atoms. The van der Waals surface area contributed by atoms with Crippen molar-refractivity contribution in [1.29, 1.82) is 0 Å². The lowest BCUT2D eigenvalue weighted by atomic mass is 9.50. The van der Waals surface area contributed by atoms with Gasteiger partial charge in [0.2, 0.25) is 0 Å². The maximum Gasteiger partial charge on any atom is 0.352 e. The smallest absolute Gasteiger partial charge is 0.352 e. The molecule has 0 aromatic heterocycles. The van der Waals surface area contributed by atoms with E-state index in [1.54, 1.807) is 12.1 Å². The Morgan fingerprint density at radius 2 is 2.00 bits per heavy atom. The van der Waals surface area contributed by atoms with Gasteiger partial charge in [-0.3, -0.25) is 0 Å². The predicted molar refractivity (Wildman–Crippen MR) is 122 cm³/mol. The number of likely N-dealkylation sites (tertiary alicyclic amines) is 1. The first kappa shape index (κ1) is 24.6. The standard InChI is InChI=1S/C25H29NO10/c1-11(18(28)19(29)22(30)31)34-12(2)23(32)35-15-6-7-25(33)16-10-13-4-5-14(27)20-17(13)24(25,21(15)36-20)8-9-26(16)3/h4-6,12,16,18-19,21,27-29,33H,1,7-10H2,2-3H3,(H,30,31)/t12-,16+,18-,19+,21-,24-,25+/m0/s1. The number of phenolic OH excluding ortho intramolecular Hbond substituents is 1. The van der Waals surface area contributed by atoms with Gasteiger partial charge in [-0.25, -0.2) is 9.59 Å². The third kappa shape index (κ3) is 3.20. The SMILES string of the molecule is C=C(O[C@@H](C)C(=O)OC1=CC[C@@]2(O)[C@H]3Cc4ccc(O)c5c4[C@@]2(CCN3C)[C@H]1O5)[C@H](O)[C@@H](O)C(=O)O. The van der Waals surface area contributed by atoms with Crippen LogP contribution in [0, 0.1) is 0 Å². The minimum Gasteiger partial charge on any atom is -0.504 e. The minimum atomic E-state index is -2.17. The molecule has 0 saturated carbocycles. The van der Waals surface area contributed by atoms with Gasteiger partial charge in [-0.1, -0.05) is 12.6 Å². The summed E-state index contributed by atoms with van der Waals surface area (Å²) in [6.07, 6.45) is -3.38. The number of hydrogen-bond donors (Lipinski definition) is 5. The van der Waals surface area contributed by atoms with E-state index in [2.05, 4.69) is 11.5 Å². The molecule has 194 valence electrons. The molecule has 4 aliphatic rings. The Balaban J connectivity index is 1.42. The Hall–Kier alpha value is -3.12. The third-order valence-electron chi connectivity index (χ3n) is 8.11. The number of benzene rings is 1. The molecular weight excluding hydrogens is 474 g/mol. The van der Waals surface area contributed by atoms with Gasteiger partial charge >= 0.3 is 11.9 Å². The van der Waals surface area contributed by atoms with Crippen LogP contribution in [-0.4, -0.2) is 92.0 Å². The van der Waals surface area contributed by atoms with Crippen LogP contribution in [0.1, 0.15) is 30.9 Å².